The number of benzene rings is 2. The van der Waals surface area contributed by atoms with Gasteiger partial charge in [0, 0.05) is 31.2 Å². The van der Waals surface area contributed by atoms with E-state index in [1.54, 1.807) is 46.6 Å². The summed E-state index contributed by atoms with van der Waals surface area (Å²) in [5.74, 6) is 1.33. The maximum Gasteiger partial charge on any atom is 0.474 e. The molecular formula is C31H45ClNO9PS. The van der Waals surface area contributed by atoms with Crippen LogP contribution in [0, 0.1) is 0 Å². The van der Waals surface area contributed by atoms with Crippen molar-refractivity contribution < 1.29 is 42.2 Å². The zero-order valence-electron chi connectivity index (χ0n) is 26.5. The van der Waals surface area contributed by atoms with Crippen molar-refractivity contribution in [2.24, 2.45) is 0 Å². The molecule has 1 aliphatic carbocycles. The second-order valence-electron chi connectivity index (χ2n) is 11.7. The van der Waals surface area contributed by atoms with Gasteiger partial charge in [-0.1, -0.05) is 42.4 Å². The molecule has 246 valence electrons. The van der Waals surface area contributed by atoms with Crippen molar-refractivity contribution in [3.63, 3.8) is 0 Å². The summed E-state index contributed by atoms with van der Waals surface area (Å²) in [7, 11) is 0.0437. The topological polar surface area (TPSA) is 122 Å². The number of phosphoric ester groups is 1. The lowest BCUT2D eigenvalue weighted by Crippen LogP contribution is -2.60. The van der Waals surface area contributed by atoms with Crippen LogP contribution in [0.15, 0.2) is 46.2 Å². The average molecular weight is 674 g/mol. The summed E-state index contributed by atoms with van der Waals surface area (Å²) in [4.78, 5) is 14.8. The average Bonchev–Trinajstić information content (AvgIpc) is 3.83. The molecule has 0 heterocycles. The highest BCUT2D eigenvalue weighted by molar-refractivity contribution is 7.99. The summed E-state index contributed by atoms with van der Waals surface area (Å²) >= 11 is 8.34. The molecule has 2 unspecified atom stereocenters. The van der Waals surface area contributed by atoms with Crippen molar-refractivity contribution in [3.8, 4) is 5.75 Å². The van der Waals surface area contributed by atoms with Gasteiger partial charge in [-0.2, -0.15) is 0 Å². The molecule has 0 aliphatic heterocycles. The van der Waals surface area contributed by atoms with Gasteiger partial charge < -0.3 is 24.6 Å². The van der Waals surface area contributed by atoms with Crippen LogP contribution in [0.5, 0.6) is 5.75 Å². The van der Waals surface area contributed by atoms with E-state index < -0.39 is 31.2 Å². The normalized spacial score (nSPS) is 15.8. The molecule has 1 amide bonds. The Labute approximate surface area is 270 Å². The molecule has 3 rings (SSSR count). The third kappa shape index (κ3) is 10.6. The van der Waals surface area contributed by atoms with Gasteiger partial charge in [0.05, 0.1) is 23.1 Å². The van der Waals surface area contributed by atoms with Gasteiger partial charge in [0.1, 0.15) is 11.4 Å². The Balaban J connectivity index is 1.85. The fourth-order valence-electron chi connectivity index (χ4n) is 4.58. The number of ether oxygens (including phenoxy) is 3. The van der Waals surface area contributed by atoms with Crippen molar-refractivity contribution in [2.45, 2.75) is 92.8 Å². The molecule has 2 N–H and O–H groups in total. The number of nitrogens with one attached hydrogen (secondary N) is 1. The molecular weight excluding hydrogens is 629 g/mol. The van der Waals surface area contributed by atoms with E-state index in [1.807, 2.05) is 24.3 Å². The van der Waals surface area contributed by atoms with E-state index >= 15 is 0 Å². The van der Waals surface area contributed by atoms with E-state index in [4.69, 9.17) is 39.4 Å². The maximum atomic E-state index is 12.9. The summed E-state index contributed by atoms with van der Waals surface area (Å²) in [6.07, 6.45) is 1.34. The highest BCUT2D eigenvalue weighted by Crippen LogP contribution is 2.49. The zero-order chi connectivity index (χ0) is 32.5. The number of amides is 1. The number of aryl methyl sites for hydroxylation is 1. The Morgan fingerprint density at radius 1 is 1.14 bits per heavy atom. The first-order valence-electron chi connectivity index (χ1n) is 14.5. The molecule has 0 bridgehead atoms. The van der Waals surface area contributed by atoms with Gasteiger partial charge in [-0.3, -0.25) is 13.6 Å². The van der Waals surface area contributed by atoms with Gasteiger partial charge in [0.2, 0.25) is 0 Å². The molecule has 13 heteroatoms. The van der Waals surface area contributed by atoms with Crippen molar-refractivity contribution in [2.75, 3.05) is 34.7 Å². The minimum atomic E-state index is -3.92. The standard InChI is InChI=1S/C31H45ClNO9PS/c1-8-28(34)31(19-41-43(36,38-6)39-7,33-29(35)42-30(2,3)4)16-15-22-11-13-24(18-25(22)32)44-27-17-23(21-9-10-21)12-14-26(27)40-20-37-5/h11-14,17-18,21,28,34H,8-10,15-16,19-20H2,1-7H3,(H,33,35). The molecule has 0 spiro atoms. The number of halogens is 1. The van der Waals surface area contributed by atoms with Gasteiger partial charge in [-0.25, -0.2) is 9.36 Å². The Bertz CT molecular complexity index is 1300. The summed E-state index contributed by atoms with van der Waals surface area (Å²) < 4.78 is 44.5. The summed E-state index contributed by atoms with van der Waals surface area (Å²) in [6, 6.07) is 12.0. The van der Waals surface area contributed by atoms with E-state index in [9.17, 15) is 14.5 Å². The van der Waals surface area contributed by atoms with Crippen molar-refractivity contribution in [1.29, 1.82) is 0 Å². The van der Waals surface area contributed by atoms with Gasteiger partial charge in [0.15, 0.2) is 6.79 Å². The lowest BCUT2D eigenvalue weighted by atomic mass is 9.85. The summed E-state index contributed by atoms with van der Waals surface area (Å²) in [5, 5.41) is 14.5. The van der Waals surface area contributed by atoms with E-state index in [2.05, 4.69) is 17.4 Å². The van der Waals surface area contributed by atoms with Crippen LogP contribution in [-0.4, -0.2) is 63.2 Å². The fraction of sp³-hybridized carbons (Fsp3) is 0.581. The van der Waals surface area contributed by atoms with Crippen LogP contribution in [0.4, 0.5) is 4.79 Å². The minimum absolute atomic E-state index is 0.145. The molecule has 0 radical (unpaired) electrons. The molecule has 2 atom stereocenters. The molecule has 44 heavy (non-hydrogen) atoms. The van der Waals surface area contributed by atoms with Crippen molar-refractivity contribution in [3.05, 3.63) is 52.5 Å². The number of methoxy groups -OCH3 is 1. The number of aliphatic hydroxyl groups excluding tert-OH is 1. The van der Waals surface area contributed by atoms with Crippen molar-refractivity contribution in [1.82, 2.24) is 5.32 Å². The van der Waals surface area contributed by atoms with E-state index in [0.717, 1.165) is 21.1 Å². The minimum Gasteiger partial charge on any atom is -0.466 e. The van der Waals surface area contributed by atoms with Crippen LogP contribution >= 0.6 is 31.2 Å². The van der Waals surface area contributed by atoms with E-state index in [0.29, 0.717) is 17.4 Å². The third-order valence-electron chi connectivity index (χ3n) is 7.14. The molecule has 2 aromatic carbocycles. The highest BCUT2D eigenvalue weighted by atomic mass is 35.5. The molecule has 10 nitrogen and oxygen atoms in total. The number of phosphoric acid groups is 1. The Kier molecular flexibility index (Phi) is 13.4. The number of carbonyl (C=O) groups is 1. The Morgan fingerprint density at radius 3 is 2.41 bits per heavy atom. The number of hydrogen-bond acceptors (Lipinski definition) is 10. The van der Waals surface area contributed by atoms with Crippen LogP contribution in [0.3, 0.4) is 0 Å². The fourth-order valence-corrected chi connectivity index (χ4v) is 6.66. The second-order valence-corrected chi connectivity index (χ2v) is 15.1. The molecule has 2 aromatic rings. The predicted molar refractivity (Wildman–Crippen MR) is 171 cm³/mol. The first kappa shape index (κ1) is 36.6. The van der Waals surface area contributed by atoms with Crippen LogP contribution in [-0.2, 0) is 34.0 Å². The zero-order valence-corrected chi connectivity index (χ0v) is 29.0. The number of rotatable bonds is 17. The number of carbonyl (C=O) groups excluding carboxylic acids is 1. The van der Waals surface area contributed by atoms with Crippen LogP contribution in [0.25, 0.3) is 0 Å². The lowest BCUT2D eigenvalue weighted by Gasteiger charge is -2.39. The Morgan fingerprint density at radius 2 is 1.84 bits per heavy atom. The lowest BCUT2D eigenvalue weighted by molar-refractivity contribution is -0.00779. The van der Waals surface area contributed by atoms with Crippen LogP contribution in [0.1, 0.15) is 70.4 Å². The summed E-state index contributed by atoms with van der Waals surface area (Å²) in [5.41, 5.74) is -0.112. The largest absolute Gasteiger partial charge is 0.474 e. The first-order valence-corrected chi connectivity index (χ1v) is 17.2. The number of aliphatic hydroxyl groups is 1. The molecule has 0 aromatic heterocycles. The van der Waals surface area contributed by atoms with Crippen molar-refractivity contribution >= 4 is 37.3 Å². The van der Waals surface area contributed by atoms with Crippen LogP contribution in [0.2, 0.25) is 5.02 Å². The molecule has 1 saturated carbocycles. The third-order valence-corrected chi connectivity index (χ3v) is 9.86. The maximum absolute atomic E-state index is 12.9. The van der Waals surface area contributed by atoms with E-state index in [1.165, 1.54) is 32.6 Å². The molecule has 0 saturated heterocycles. The second kappa shape index (κ2) is 16.1. The summed E-state index contributed by atoms with van der Waals surface area (Å²) in [6.45, 7) is 6.75. The van der Waals surface area contributed by atoms with Gasteiger partial charge in [-0.05, 0) is 94.2 Å². The monoisotopic (exact) mass is 673 g/mol. The smallest absolute Gasteiger partial charge is 0.466 e. The first-order chi connectivity index (χ1) is 20.8. The van der Waals surface area contributed by atoms with Gasteiger partial charge in [-0.15, -0.1) is 0 Å². The predicted octanol–water partition coefficient (Wildman–Crippen LogP) is 7.74. The van der Waals surface area contributed by atoms with Gasteiger partial charge in [0.25, 0.3) is 0 Å². The SMILES string of the molecule is CCC(O)C(CCc1ccc(Sc2cc(C3CC3)ccc2OCOC)cc1Cl)(COP(=O)(OC)OC)NC(=O)OC(C)(C)C. The number of hydrogen-bond donors (Lipinski definition) is 2. The number of alkyl carbamates (subject to hydrolysis) is 1. The quantitative estimate of drug-likeness (QED) is 0.127. The van der Waals surface area contributed by atoms with E-state index in [-0.39, 0.29) is 26.2 Å². The van der Waals surface area contributed by atoms with Gasteiger partial charge >= 0.3 is 13.9 Å². The Hall–Kier alpha value is -1.82. The molecule has 1 fully saturated rings. The highest BCUT2D eigenvalue weighted by Gasteiger charge is 2.42. The van der Waals surface area contributed by atoms with Crippen LogP contribution < -0.4 is 10.1 Å². The molecule has 1 aliphatic rings.